The molecular weight excluding hydrogens is 196 g/mol. The van der Waals surface area contributed by atoms with Gasteiger partial charge in [0, 0.05) is 18.3 Å². The highest BCUT2D eigenvalue weighted by atomic mass is 15.0. The van der Waals surface area contributed by atoms with E-state index < -0.39 is 0 Å². The number of nitrogens with one attached hydrogen (secondary N) is 1. The Bertz CT molecular complexity index is 360. The average molecular weight is 218 g/mol. The smallest absolute Gasteiger partial charge is 0.0346 e. The Kier molecular flexibility index (Phi) is 3.49. The summed E-state index contributed by atoms with van der Waals surface area (Å²) in [4.78, 5) is 0. The van der Waals surface area contributed by atoms with E-state index in [4.69, 9.17) is 5.73 Å². The van der Waals surface area contributed by atoms with Crippen LogP contribution in [0.5, 0.6) is 0 Å². The van der Waals surface area contributed by atoms with Gasteiger partial charge in [0.05, 0.1) is 0 Å². The van der Waals surface area contributed by atoms with Crippen molar-refractivity contribution in [2.75, 3.05) is 5.73 Å². The molecule has 0 amide bonds. The third kappa shape index (κ3) is 2.76. The van der Waals surface area contributed by atoms with E-state index in [2.05, 4.69) is 30.4 Å². The molecule has 2 nitrogen and oxygen atoms in total. The summed E-state index contributed by atoms with van der Waals surface area (Å²) >= 11 is 0. The van der Waals surface area contributed by atoms with Crippen LogP contribution in [0.15, 0.2) is 18.2 Å². The summed E-state index contributed by atoms with van der Waals surface area (Å²) in [6, 6.07) is 7.10. The molecule has 0 spiro atoms. The Morgan fingerprint density at radius 3 is 2.94 bits per heavy atom. The molecule has 0 saturated heterocycles. The molecule has 3 N–H and O–H groups in total. The van der Waals surface area contributed by atoms with Crippen molar-refractivity contribution >= 4 is 5.69 Å². The quantitative estimate of drug-likeness (QED) is 0.746. The largest absolute Gasteiger partial charge is 0.399 e. The number of hydrogen-bond donors (Lipinski definition) is 2. The minimum absolute atomic E-state index is 0.752. The number of rotatable bonds is 5. The number of anilines is 1. The van der Waals surface area contributed by atoms with Crippen molar-refractivity contribution in [3.63, 3.8) is 0 Å². The lowest BCUT2D eigenvalue weighted by molar-refractivity contribution is 0.599. The normalized spacial score (nSPS) is 23.4. The van der Waals surface area contributed by atoms with Crippen molar-refractivity contribution in [1.82, 2.24) is 5.32 Å². The molecule has 2 heteroatoms. The molecule has 2 rings (SSSR count). The van der Waals surface area contributed by atoms with Crippen LogP contribution in [0.2, 0.25) is 0 Å². The van der Waals surface area contributed by atoms with Gasteiger partial charge in [-0.3, -0.25) is 0 Å². The summed E-state index contributed by atoms with van der Waals surface area (Å²) in [5.74, 6) is 0.924. The Labute approximate surface area is 98.2 Å². The number of nitrogens with two attached hydrogens (primary N) is 1. The molecule has 0 aromatic heterocycles. The lowest BCUT2D eigenvalue weighted by Crippen LogP contribution is -2.17. The SMILES string of the molecule is CCCC1CC1NCc1ccc(C)c(N)c1. The van der Waals surface area contributed by atoms with Gasteiger partial charge in [-0.2, -0.15) is 0 Å². The topological polar surface area (TPSA) is 38.0 Å². The van der Waals surface area contributed by atoms with Crippen LogP contribution in [0.1, 0.15) is 37.3 Å². The molecule has 1 aliphatic rings. The predicted octanol–water partition coefficient (Wildman–Crippen LogP) is 2.86. The van der Waals surface area contributed by atoms with Gasteiger partial charge in [-0.1, -0.05) is 25.5 Å². The van der Waals surface area contributed by atoms with Gasteiger partial charge in [0.1, 0.15) is 0 Å². The van der Waals surface area contributed by atoms with E-state index in [1.54, 1.807) is 0 Å². The zero-order valence-electron chi connectivity index (χ0n) is 10.3. The fraction of sp³-hybridized carbons (Fsp3) is 0.571. The van der Waals surface area contributed by atoms with Gasteiger partial charge >= 0.3 is 0 Å². The molecular formula is C14H22N2. The summed E-state index contributed by atoms with van der Waals surface area (Å²) < 4.78 is 0. The van der Waals surface area contributed by atoms with Gasteiger partial charge < -0.3 is 11.1 Å². The van der Waals surface area contributed by atoms with E-state index >= 15 is 0 Å². The molecule has 88 valence electrons. The van der Waals surface area contributed by atoms with Crippen LogP contribution >= 0.6 is 0 Å². The van der Waals surface area contributed by atoms with E-state index in [0.717, 1.165) is 24.2 Å². The van der Waals surface area contributed by atoms with Crippen LogP contribution in [0.4, 0.5) is 5.69 Å². The number of hydrogen-bond acceptors (Lipinski definition) is 2. The van der Waals surface area contributed by atoms with Crippen molar-refractivity contribution in [1.29, 1.82) is 0 Å². The van der Waals surface area contributed by atoms with Gasteiger partial charge in [-0.05, 0) is 42.9 Å². The maximum absolute atomic E-state index is 5.89. The third-order valence-electron chi connectivity index (χ3n) is 3.49. The van der Waals surface area contributed by atoms with Gasteiger partial charge in [0.15, 0.2) is 0 Å². The Morgan fingerprint density at radius 1 is 1.44 bits per heavy atom. The maximum atomic E-state index is 5.89. The minimum atomic E-state index is 0.752. The first kappa shape index (κ1) is 11.5. The average Bonchev–Trinajstić information content (AvgIpc) is 2.99. The molecule has 16 heavy (non-hydrogen) atoms. The summed E-state index contributed by atoms with van der Waals surface area (Å²) in [5.41, 5.74) is 9.26. The maximum Gasteiger partial charge on any atom is 0.0346 e. The van der Waals surface area contributed by atoms with Crippen LogP contribution in [-0.2, 0) is 6.54 Å². The van der Waals surface area contributed by atoms with Crippen molar-refractivity contribution in [2.45, 2.75) is 45.7 Å². The molecule has 0 radical (unpaired) electrons. The molecule has 2 atom stereocenters. The van der Waals surface area contributed by atoms with Gasteiger partial charge in [-0.25, -0.2) is 0 Å². The zero-order chi connectivity index (χ0) is 11.5. The first-order chi connectivity index (χ1) is 7.70. The Hall–Kier alpha value is -1.02. The Balaban J connectivity index is 1.80. The first-order valence-corrected chi connectivity index (χ1v) is 6.29. The second-order valence-corrected chi connectivity index (χ2v) is 4.96. The number of benzene rings is 1. The summed E-state index contributed by atoms with van der Waals surface area (Å²) in [6.45, 7) is 5.26. The highest BCUT2D eigenvalue weighted by Gasteiger charge is 2.35. The summed E-state index contributed by atoms with van der Waals surface area (Å²) in [7, 11) is 0. The predicted molar refractivity (Wildman–Crippen MR) is 69.2 cm³/mol. The molecule has 0 heterocycles. The molecule has 1 aromatic carbocycles. The van der Waals surface area contributed by atoms with Crippen LogP contribution < -0.4 is 11.1 Å². The fourth-order valence-electron chi connectivity index (χ4n) is 2.24. The molecule has 0 aliphatic heterocycles. The molecule has 1 fully saturated rings. The molecule has 2 unspecified atom stereocenters. The van der Waals surface area contributed by atoms with E-state index in [1.807, 2.05) is 6.92 Å². The Morgan fingerprint density at radius 2 is 2.25 bits per heavy atom. The van der Waals surface area contributed by atoms with Crippen LogP contribution in [-0.4, -0.2) is 6.04 Å². The van der Waals surface area contributed by atoms with E-state index in [-0.39, 0.29) is 0 Å². The van der Waals surface area contributed by atoms with Crippen molar-refractivity contribution < 1.29 is 0 Å². The second kappa shape index (κ2) is 4.88. The van der Waals surface area contributed by atoms with Gasteiger partial charge in [0.25, 0.3) is 0 Å². The molecule has 0 bridgehead atoms. The highest BCUT2D eigenvalue weighted by molar-refractivity contribution is 5.48. The highest BCUT2D eigenvalue weighted by Crippen LogP contribution is 2.34. The fourth-order valence-corrected chi connectivity index (χ4v) is 2.24. The zero-order valence-corrected chi connectivity index (χ0v) is 10.3. The second-order valence-electron chi connectivity index (χ2n) is 4.96. The van der Waals surface area contributed by atoms with E-state index in [0.29, 0.717) is 0 Å². The van der Waals surface area contributed by atoms with Crippen molar-refractivity contribution in [2.24, 2.45) is 5.92 Å². The minimum Gasteiger partial charge on any atom is -0.399 e. The van der Waals surface area contributed by atoms with Crippen LogP contribution in [0, 0.1) is 12.8 Å². The van der Waals surface area contributed by atoms with Crippen LogP contribution in [0.25, 0.3) is 0 Å². The number of nitrogen functional groups attached to an aromatic ring is 1. The van der Waals surface area contributed by atoms with E-state index in [9.17, 15) is 0 Å². The lowest BCUT2D eigenvalue weighted by atomic mass is 10.1. The summed E-state index contributed by atoms with van der Waals surface area (Å²) in [6.07, 6.45) is 4.03. The van der Waals surface area contributed by atoms with E-state index in [1.165, 1.54) is 30.4 Å². The van der Waals surface area contributed by atoms with Gasteiger partial charge in [-0.15, -0.1) is 0 Å². The molecule has 1 saturated carbocycles. The van der Waals surface area contributed by atoms with Gasteiger partial charge in [0.2, 0.25) is 0 Å². The third-order valence-corrected chi connectivity index (χ3v) is 3.49. The lowest BCUT2D eigenvalue weighted by Gasteiger charge is -2.06. The van der Waals surface area contributed by atoms with Crippen molar-refractivity contribution in [3.8, 4) is 0 Å². The van der Waals surface area contributed by atoms with Crippen LogP contribution in [0.3, 0.4) is 0 Å². The summed E-state index contributed by atoms with van der Waals surface area (Å²) in [5, 5.41) is 3.60. The standard InChI is InChI=1S/C14H22N2/c1-3-4-12-8-14(12)16-9-11-6-5-10(2)13(15)7-11/h5-7,12,14,16H,3-4,8-9,15H2,1-2H3. The molecule has 1 aliphatic carbocycles. The number of aryl methyl sites for hydroxylation is 1. The molecule has 1 aromatic rings. The monoisotopic (exact) mass is 218 g/mol. The first-order valence-electron chi connectivity index (χ1n) is 6.29. The van der Waals surface area contributed by atoms with Crippen molar-refractivity contribution in [3.05, 3.63) is 29.3 Å².